The van der Waals surface area contributed by atoms with Gasteiger partial charge in [0.15, 0.2) is 16.7 Å². The number of nitrogens with one attached hydrogen (secondary N) is 1. The summed E-state index contributed by atoms with van der Waals surface area (Å²) in [4.78, 5) is 44.5. The van der Waals surface area contributed by atoms with Gasteiger partial charge in [-0.2, -0.15) is 0 Å². The van der Waals surface area contributed by atoms with Crippen LogP contribution in [0.15, 0.2) is 71.7 Å². The number of ether oxygens (including phenoxy) is 3. The molecule has 11 heteroatoms. The number of aliphatic imine (C=N–C) groups is 1. The summed E-state index contributed by atoms with van der Waals surface area (Å²) < 4.78 is 30.0. The van der Waals surface area contributed by atoms with E-state index in [9.17, 15) is 18.8 Å². The van der Waals surface area contributed by atoms with E-state index in [1.54, 1.807) is 49.4 Å². The molecule has 39 heavy (non-hydrogen) atoms. The Bertz CT molecular complexity index is 1450. The molecule has 0 bridgehead atoms. The molecule has 1 fully saturated rings. The molecule has 3 aromatic rings. The van der Waals surface area contributed by atoms with Crippen molar-refractivity contribution in [2.45, 2.75) is 25.1 Å². The minimum Gasteiger partial charge on any atom is -0.462 e. The summed E-state index contributed by atoms with van der Waals surface area (Å²) in [5.74, 6) is -0.641. The number of hydrogen-bond acceptors (Lipinski definition) is 8. The zero-order chi connectivity index (χ0) is 27.4. The largest absolute Gasteiger partial charge is 0.462 e. The van der Waals surface area contributed by atoms with Crippen LogP contribution in [0.4, 0.5) is 15.8 Å². The van der Waals surface area contributed by atoms with Crippen LogP contribution >= 0.6 is 11.8 Å². The topological polar surface area (TPSA) is 107 Å². The Hall–Kier alpha value is -4.38. The van der Waals surface area contributed by atoms with E-state index in [1.165, 1.54) is 23.1 Å². The highest BCUT2D eigenvalue weighted by Crippen LogP contribution is 2.35. The van der Waals surface area contributed by atoms with Crippen molar-refractivity contribution < 1.29 is 33.0 Å². The van der Waals surface area contributed by atoms with Gasteiger partial charge in [-0.1, -0.05) is 30.0 Å². The minimum atomic E-state index is -0.831. The molecule has 2 aliphatic rings. The first-order valence-corrected chi connectivity index (χ1v) is 13.1. The number of hydrogen-bond donors (Lipinski definition) is 1. The van der Waals surface area contributed by atoms with E-state index >= 15 is 0 Å². The predicted molar refractivity (Wildman–Crippen MR) is 144 cm³/mol. The number of para-hydroxylation sites is 1. The molecule has 0 aliphatic carbocycles. The van der Waals surface area contributed by atoms with Crippen molar-refractivity contribution in [2.75, 3.05) is 18.7 Å². The Balaban J connectivity index is 1.41. The van der Waals surface area contributed by atoms with Gasteiger partial charge in [0, 0.05) is 6.42 Å². The van der Waals surface area contributed by atoms with Crippen molar-refractivity contribution in [3.8, 4) is 11.5 Å². The smallest absolute Gasteiger partial charge is 0.338 e. The maximum absolute atomic E-state index is 14.1. The van der Waals surface area contributed by atoms with E-state index in [2.05, 4.69) is 10.3 Å². The fraction of sp³-hybridized carbons (Fsp3) is 0.214. The third-order valence-electron chi connectivity index (χ3n) is 5.94. The Morgan fingerprint density at radius 3 is 2.64 bits per heavy atom. The van der Waals surface area contributed by atoms with Gasteiger partial charge in [-0.15, -0.1) is 0 Å². The number of amides is 2. The van der Waals surface area contributed by atoms with E-state index in [4.69, 9.17) is 14.2 Å². The van der Waals surface area contributed by atoms with Crippen molar-refractivity contribution in [2.24, 2.45) is 4.99 Å². The third kappa shape index (κ3) is 6.04. The average molecular weight is 550 g/mol. The monoisotopic (exact) mass is 549 g/mol. The second-order valence-corrected chi connectivity index (χ2v) is 9.78. The van der Waals surface area contributed by atoms with Crippen LogP contribution in [0.25, 0.3) is 0 Å². The highest BCUT2D eigenvalue weighted by atomic mass is 32.2. The number of halogens is 1. The lowest BCUT2D eigenvalue weighted by molar-refractivity contribution is -0.129. The summed E-state index contributed by atoms with van der Waals surface area (Å²) in [5, 5.41) is 2.03. The van der Waals surface area contributed by atoms with Crippen molar-refractivity contribution in [3.05, 3.63) is 83.7 Å². The minimum absolute atomic E-state index is 0.0337. The number of fused-ring (bicyclic) bond motifs is 1. The summed E-state index contributed by atoms with van der Waals surface area (Å²) >= 11 is 1.11. The molecule has 2 heterocycles. The van der Waals surface area contributed by atoms with Gasteiger partial charge < -0.3 is 19.5 Å². The number of nitrogens with zero attached hydrogens (tertiary/aromatic N) is 2. The zero-order valence-electron chi connectivity index (χ0n) is 20.9. The fourth-order valence-corrected chi connectivity index (χ4v) is 5.09. The molecule has 9 nitrogen and oxygen atoms in total. The maximum atomic E-state index is 14.1. The molecule has 5 rings (SSSR count). The summed E-state index contributed by atoms with van der Waals surface area (Å²) in [6.45, 7) is 2.30. The molecule has 3 aromatic carbocycles. The van der Waals surface area contributed by atoms with Crippen LogP contribution in [0.3, 0.4) is 0 Å². The molecule has 2 amide bonds. The predicted octanol–water partition coefficient (Wildman–Crippen LogP) is 4.89. The Kier molecular flexibility index (Phi) is 7.78. The number of thioether (sulfide) groups is 1. The normalized spacial score (nSPS) is 17.3. The fourth-order valence-electron chi connectivity index (χ4n) is 3.99. The summed E-state index contributed by atoms with van der Waals surface area (Å²) in [7, 11) is 0. The Morgan fingerprint density at radius 1 is 1.10 bits per heavy atom. The van der Waals surface area contributed by atoms with Crippen molar-refractivity contribution in [1.29, 1.82) is 0 Å². The van der Waals surface area contributed by atoms with E-state index in [-0.39, 0.29) is 38.0 Å². The number of rotatable bonds is 7. The van der Waals surface area contributed by atoms with Crippen LogP contribution in [0.1, 0.15) is 29.3 Å². The second-order valence-electron chi connectivity index (χ2n) is 8.61. The zero-order valence-corrected chi connectivity index (χ0v) is 21.7. The van der Waals surface area contributed by atoms with Gasteiger partial charge >= 0.3 is 5.97 Å². The number of esters is 1. The van der Waals surface area contributed by atoms with E-state index in [1.807, 2.05) is 6.07 Å². The number of carbonyl (C=O) groups is 3. The first kappa shape index (κ1) is 26.2. The van der Waals surface area contributed by atoms with Crippen LogP contribution in [0.5, 0.6) is 11.5 Å². The SMILES string of the molecule is CCOC(=O)c1ccc(N=C2SC(C(=O)Nc3ccccc3F)CC(=O)N2Cc2ccc3c(c2)OCO3)cc1. The first-order valence-electron chi connectivity index (χ1n) is 12.2. The number of carbonyl (C=O) groups excluding carboxylic acids is 3. The van der Waals surface area contributed by atoms with Crippen LogP contribution in [-0.4, -0.2) is 46.5 Å². The molecule has 0 spiro atoms. The number of anilines is 1. The molecule has 1 unspecified atom stereocenters. The van der Waals surface area contributed by atoms with Crippen LogP contribution in [0, 0.1) is 5.82 Å². The van der Waals surface area contributed by atoms with Gasteiger partial charge in [0.05, 0.1) is 30.1 Å². The van der Waals surface area contributed by atoms with Gasteiger partial charge in [-0.05, 0) is 61.0 Å². The Labute approximate surface area is 228 Å². The first-order chi connectivity index (χ1) is 18.9. The quantitative estimate of drug-likeness (QED) is 0.418. The highest BCUT2D eigenvalue weighted by Gasteiger charge is 2.36. The Morgan fingerprint density at radius 2 is 1.87 bits per heavy atom. The van der Waals surface area contributed by atoms with Gasteiger partial charge in [-0.3, -0.25) is 14.5 Å². The highest BCUT2D eigenvalue weighted by molar-refractivity contribution is 8.15. The maximum Gasteiger partial charge on any atom is 0.338 e. The second kappa shape index (κ2) is 11.6. The molecule has 0 saturated carbocycles. The molecule has 2 aliphatic heterocycles. The van der Waals surface area contributed by atoms with Gasteiger partial charge in [0.2, 0.25) is 18.6 Å². The molecular formula is C28H24FN3O6S. The standard InChI is InChI=1S/C28H24FN3O6S/c1-2-36-27(35)18-8-10-19(11-9-18)30-28-32(15-17-7-12-22-23(13-17)38-16-37-22)25(33)14-24(39-28)26(34)31-21-6-4-3-5-20(21)29/h3-13,24H,2,14-16H2,1H3,(H,31,34). The lowest BCUT2D eigenvalue weighted by Gasteiger charge is -2.32. The van der Waals surface area contributed by atoms with Crippen molar-refractivity contribution in [1.82, 2.24) is 4.90 Å². The van der Waals surface area contributed by atoms with Crippen LogP contribution < -0.4 is 14.8 Å². The molecule has 1 N–H and O–H groups in total. The van der Waals surface area contributed by atoms with Crippen LogP contribution in [0.2, 0.25) is 0 Å². The van der Waals surface area contributed by atoms with Gasteiger partial charge in [0.1, 0.15) is 11.1 Å². The molecular weight excluding hydrogens is 525 g/mol. The van der Waals surface area contributed by atoms with Gasteiger partial charge in [0.25, 0.3) is 0 Å². The molecule has 1 atom stereocenters. The van der Waals surface area contributed by atoms with E-state index in [0.717, 1.165) is 17.3 Å². The van der Waals surface area contributed by atoms with Gasteiger partial charge in [-0.25, -0.2) is 14.2 Å². The number of amidine groups is 1. The summed E-state index contributed by atoms with van der Waals surface area (Å²) in [5.41, 5.74) is 1.66. The third-order valence-corrected chi connectivity index (χ3v) is 7.13. The molecule has 200 valence electrons. The lowest BCUT2D eigenvalue weighted by atomic mass is 10.1. The molecule has 1 saturated heterocycles. The number of benzene rings is 3. The van der Waals surface area contributed by atoms with Crippen LogP contribution in [-0.2, 0) is 20.9 Å². The average Bonchev–Trinajstić information content (AvgIpc) is 3.40. The summed E-state index contributed by atoms with van der Waals surface area (Å²) in [6.07, 6.45) is -0.101. The van der Waals surface area contributed by atoms with Crippen molar-refractivity contribution >= 4 is 46.1 Å². The van der Waals surface area contributed by atoms with E-state index < -0.39 is 22.9 Å². The summed E-state index contributed by atoms with van der Waals surface area (Å²) in [6, 6.07) is 17.6. The lowest BCUT2D eigenvalue weighted by Crippen LogP contribution is -2.44. The molecule has 0 radical (unpaired) electrons. The molecule has 0 aromatic heterocycles. The van der Waals surface area contributed by atoms with E-state index in [0.29, 0.717) is 27.9 Å². The van der Waals surface area contributed by atoms with Crippen molar-refractivity contribution in [3.63, 3.8) is 0 Å².